The minimum Gasteiger partial charge on any atom is -0.497 e. The lowest BCUT2D eigenvalue weighted by Gasteiger charge is -2.33. The fourth-order valence-electron chi connectivity index (χ4n) is 6.44. The largest absolute Gasteiger partial charge is 0.497 e. The Morgan fingerprint density at radius 1 is 1.23 bits per heavy atom. The Labute approximate surface area is 256 Å². The van der Waals surface area contributed by atoms with Crippen LogP contribution in [0.5, 0.6) is 5.75 Å². The highest BCUT2D eigenvalue weighted by Gasteiger charge is 2.49. The lowest BCUT2D eigenvalue weighted by Crippen LogP contribution is -2.47. The molecular formula is C33H38N6O3S. The number of thiazole rings is 1. The Bertz CT molecular complexity index is 1620. The van der Waals surface area contributed by atoms with E-state index in [0.717, 1.165) is 51.2 Å². The average molecular weight is 599 g/mol. The van der Waals surface area contributed by atoms with Gasteiger partial charge in [-0.1, -0.05) is 24.3 Å². The molecular weight excluding hydrogens is 560 g/mol. The molecule has 1 aromatic heterocycles. The number of benzene rings is 2. The molecule has 2 saturated heterocycles. The van der Waals surface area contributed by atoms with Gasteiger partial charge in [0.1, 0.15) is 11.3 Å². The van der Waals surface area contributed by atoms with Gasteiger partial charge in [-0.05, 0) is 79.1 Å². The van der Waals surface area contributed by atoms with Crippen molar-refractivity contribution in [2.24, 2.45) is 5.92 Å². The molecule has 3 heterocycles. The Morgan fingerprint density at radius 3 is 2.81 bits per heavy atom. The predicted octanol–water partition coefficient (Wildman–Crippen LogP) is 5.27. The summed E-state index contributed by atoms with van der Waals surface area (Å²) < 4.78 is 6.74. The summed E-state index contributed by atoms with van der Waals surface area (Å²) in [6, 6.07) is 12.4. The maximum absolute atomic E-state index is 13.9. The number of carbonyl (C=O) groups excluding carboxylic acids is 2. The highest BCUT2D eigenvalue weighted by Crippen LogP contribution is 2.39. The summed E-state index contributed by atoms with van der Waals surface area (Å²) >= 11 is 1.63. The van der Waals surface area contributed by atoms with Crippen LogP contribution in [0.25, 0.3) is 10.2 Å². The SMILES string of the molecule is COc1ccc(CNc2ccc3ncsc3c2)c(C2C=CC=C(C3(C)NC(=N)N(CC4CCN(C(C)=O)CC4)C3=O)C2)c1. The first kappa shape index (κ1) is 28.9. The smallest absolute Gasteiger partial charge is 0.259 e. The Balaban J connectivity index is 1.17. The van der Waals surface area contributed by atoms with E-state index in [-0.39, 0.29) is 29.6 Å². The second-order valence-corrected chi connectivity index (χ2v) is 12.7. The van der Waals surface area contributed by atoms with Crippen LogP contribution >= 0.6 is 11.3 Å². The summed E-state index contributed by atoms with van der Waals surface area (Å²) in [5.41, 5.74) is 6.18. The number of carbonyl (C=O) groups is 2. The van der Waals surface area contributed by atoms with Crippen molar-refractivity contribution in [3.05, 3.63) is 76.8 Å². The average Bonchev–Trinajstić information content (AvgIpc) is 3.58. The van der Waals surface area contributed by atoms with Crippen LogP contribution in [-0.4, -0.2) is 64.8 Å². The lowest BCUT2D eigenvalue weighted by molar-refractivity contribution is -0.132. The number of hydrogen-bond donors (Lipinski definition) is 3. The van der Waals surface area contributed by atoms with Gasteiger partial charge in [0, 0.05) is 44.7 Å². The molecule has 2 amide bonds. The van der Waals surface area contributed by atoms with Gasteiger partial charge in [0.05, 0.1) is 22.8 Å². The minimum atomic E-state index is -0.985. The fourth-order valence-corrected chi connectivity index (χ4v) is 7.16. The van der Waals surface area contributed by atoms with E-state index < -0.39 is 5.54 Å². The van der Waals surface area contributed by atoms with E-state index in [1.807, 2.05) is 41.6 Å². The molecule has 2 aromatic carbocycles. The molecule has 2 atom stereocenters. The third kappa shape index (κ3) is 5.76. The van der Waals surface area contributed by atoms with E-state index in [4.69, 9.17) is 10.1 Å². The van der Waals surface area contributed by atoms with Crippen LogP contribution in [0, 0.1) is 11.3 Å². The lowest BCUT2D eigenvalue weighted by atomic mass is 9.78. The maximum atomic E-state index is 13.9. The fraction of sp³-hybridized carbons (Fsp3) is 0.394. The number of fused-ring (bicyclic) bond motifs is 1. The summed E-state index contributed by atoms with van der Waals surface area (Å²) in [4.78, 5) is 33.4. The van der Waals surface area contributed by atoms with E-state index in [0.29, 0.717) is 32.6 Å². The molecule has 6 rings (SSSR count). The Hall–Kier alpha value is -4.18. The van der Waals surface area contributed by atoms with Crippen molar-refractivity contribution in [2.45, 2.75) is 51.1 Å². The van der Waals surface area contributed by atoms with Crippen LogP contribution in [-0.2, 0) is 16.1 Å². The first-order chi connectivity index (χ1) is 20.7. The van der Waals surface area contributed by atoms with E-state index in [2.05, 4.69) is 46.0 Å². The van der Waals surface area contributed by atoms with Gasteiger partial charge in [0.15, 0.2) is 5.96 Å². The number of ether oxygens (including phenoxy) is 1. The number of nitrogens with one attached hydrogen (secondary N) is 3. The molecule has 2 aliphatic heterocycles. The third-order valence-corrected chi connectivity index (χ3v) is 9.89. The first-order valence-electron chi connectivity index (χ1n) is 14.8. The van der Waals surface area contributed by atoms with Crippen LogP contribution in [0.15, 0.2) is 65.7 Å². The Morgan fingerprint density at radius 2 is 2.05 bits per heavy atom. The molecule has 1 aliphatic carbocycles. The zero-order chi connectivity index (χ0) is 30.1. The molecule has 224 valence electrons. The van der Waals surface area contributed by atoms with Crippen molar-refractivity contribution in [3.63, 3.8) is 0 Å². The van der Waals surface area contributed by atoms with Crippen molar-refractivity contribution >= 4 is 45.0 Å². The van der Waals surface area contributed by atoms with Crippen molar-refractivity contribution in [1.82, 2.24) is 20.1 Å². The summed E-state index contributed by atoms with van der Waals surface area (Å²) in [5, 5.41) is 15.5. The van der Waals surface area contributed by atoms with Crippen LogP contribution in [0.3, 0.4) is 0 Å². The second-order valence-electron chi connectivity index (χ2n) is 11.8. The molecule has 3 aromatic rings. The number of nitrogens with zero attached hydrogens (tertiary/aromatic N) is 3. The number of anilines is 1. The number of rotatable bonds is 8. The number of aromatic nitrogens is 1. The molecule has 0 radical (unpaired) electrons. The number of guanidine groups is 1. The number of piperidine rings is 1. The molecule has 0 spiro atoms. The molecule has 3 aliphatic rings. The number of allylic oxidation sites excluding steroid dienone is 3. The van der Waals surface area contributed by atoms with Crippen molar-refractivity contribution in [1.29, 1.82) is 5.41 Å². The number of methoxy groups -OCH3 is 1. The van der Waals surface area contributed by atoms with Gasteiger partial charge in [-0.2, -0.15) is 0 Å². The number of hydrogen-bond acceptors (Lipinski definition) is 7. The molecule has 0 saturated carbocycles. The van der Waals surface area contributed by atoms with Gasteiger partial charge >= 0.3 is 0 Å². The molecule has 3 N–H and O–H groups in total. The highest BCUT2D eigenvalue weighted by atomic mass is 32.1. The van der Waals surface area contributed by atoms with E-state index >= 15 is 0 Å². The molecule has 0 bridgehead atoms. The summed E-state index contributed by atoms with van der Waals surface area (Å²) in [6.07, 6.45) is 8.56. The van der Waals surface area contributed by atoms with E-state index in [9.17, 15) is 9.59 Å². The van der Waals surface area contributed by atoms with Gasteiger partial charge in [-0.25, -0.2) is 4.98 Å². The van der Waals surface area contributed by atoms with Gasteiger partial charge in [-0.3, -0.25) is 19.9 Å². The maximum Gasteiger partial charge on any atom is 0.259 e. The minimum absolute atomic E-state index is 0.0430. The summed E-state index contributed by atoms with van der Waals surface area (Å²) in [5.74, 6) is 1.26. The zero-order valence-corrected chi connectivity index (χ0v) is 25.7. The van der Waals surface area contributed by atoms with Crippen LogP contribution < -0.4 is 15.4 Å². The van der Waals surface area contributed by atoms with Gasteiger partial charge in [0.25, 0.3) is 5.91 Å². The molecule has 43 heavy (non-hydrogen) atoms. The van der Waals surface area contributed by atoms with Crippen LogP contribution in [0.1, 0.15) is 50.2 Å². The topological polar surface area (TPSA) is 111 Å². The predicted molar refractivity (Wildman–Crippen MR) is 170 cm³/mol. The molecule has 10 heteroatoms. The molecule has 2 fully saturated rings. The molecule has 9 nitrogen and oxygen atoms in total. The number of amides is 2. The molecule has 2 unspecified atom stereocenters. The standard InChI is InChI=1S/C33H38N6O3S/c1-21(40)38-13-11-22(12-14-38)19-39-31(41)33(2,37-32(39)34)25-6-4-5-23(15-25)28-17-27(42-3)9-7-24(28)18-35-26-8-10-29-30(16-26)43-20-36-29/h4-10,16-17,20,22-23,35H,11-15,18-19H2,1-3H3,(H2,34,37). The van der Waals surface area contributed by atoms with Crippen molar-refractivity contribution in [3.8, 4) is 5.75 Å². The van der Waals surface area contributed by atoms with Crippen molar-refractivity contribution < 1.29 is 14.3 Å². The highest BCUT2D eigenvalue weighted by molar-refractivity contribution is 7.16. The quantitative estimate of drug-likeness (QED) is 0.326. The van der Waals surface area contributed by atoms with E-state index in [1.165, 1.54) is 0 Å². The summed E-state index contributed by atoms with van der Waals surface area (Å²) in [6.45, 7) is 6.04. The van der Waals surface area contributed by atoms with Crippen LogP contribution in [0.2, 0.25) is 0 Å². The van der Waals surface area contributed by atoms with Crippen LogP contribution in [0.4, 0.5) is 5.69 Å². The van der Waals surface area contributed by atoms with Crippen molar-refractivity contribution in [2.75, 3.05) is 32.1 Å². The third-order valence-electron chi connectivity index (χ3n) is 9.10. The second kappa shape index (κ2) is 11.8. The van der Waals surface area contributed by atoms with E-state index in [1.54, 1.807) is 30.3 Å². The van der Waals surface area contributed by atoms with Gasteiger partial charge in [-0.15, -0.1) is 11.3 Å². The zero-order valence-electron chi connectivity index (χ0n) is 24.9. The first-order valence-corrected chi connectivity index (χ1v) is 15.7. The Kier molecular flexibility index (Phi) is 7.96. The normalized spacial score (nSPS) is 22.6. The number of likely N-dealkylation sites (tertiary alicyclic amines) is 1. The van der Waals surface area contributed by atoms with Gasteiger partial charge < -0.3 is 20.3 Å². The van der Waals surface area contributed by atoms with Gasteiger partial charge in [0.2, 0.25) is 5.91 Å². The monoisotopic (exact) mass is 598 g/mol. The summed E-state index contributed by atoms with van der Waals surface area (Å²) in [7, 11) is 1.68.